The Morgan fingerprint density at radius 2 is 2.00 bits per heavy atom. The van der Waals surface area contributed by atoms with Gasteiger partial charge in [0.25, 0.3) is 0 Å². The molecule has 0 aliphatic carbocycles. The van der Waals surface area contributed by atoms with Crippen LogP contribution in [0.15, 0.2) is 18.2 Å². The standard InChI is InChI=1S/C12H15NO4/c1-12(2,3)17-11(14)13-8-4-5-9-10(6-8)16-7-15-9/h4-6H,7H2,1-3H3,(H,13,14). The maximum absolute atomic E-state index is 11.5. The summed E-state index contributed by atoms with van der Waals surface area (Å²) in [4.78, 5) is 11.5. The minimum Gasteiger partial charge on any atom is -0.454 e. The molecular weight excluding hydrogens is 222 g/mol. The van der Waals surface area contributed by atoms with Gasteiger partial charge in [-0.3, -0.25) is 5.32 Å². The number of benzene rings is 1. The number of carbonyl (C=O) groups is 1. The van der Waals surface area contributed by atoms with E-state index in [1.165, 1.54) is 0 Å². The number of hydrogen-bond acceptors (Lipinski definition) is 4. The Kier molecular flexibility index (Phi) is 2.83. The number of anilines is 1. The van der Waals surface area contributed by atoms with Crippen LogP contribution in [0.4, 0.5) is 10.5 Å². The van der Waals surface area contributed by atoms with Crippen LogP contribution in [0.2, 0.25) is 0 Å². The third kappa shape index (κ3) is 3.03. The van der Waals surface area contributed by atoms with Gasteiger partial charge in [0.05, 0.1) is 0 Å². The van der Waals surface area contributed by atoms with Gasteiger partial charge < -0.3 is 14.2 Å². The van der Waals surface area contributed by atoms with Gasteiger partial charge in [0.2, 0.25) is 6.79 Å². The second-order valence-corrected chi connectivity index (χ2v) is 4.69. The van der Waals surface area contributed by atoms with Crippen LogP contribution < -0.4 is 14.8 Å². The topological polar surface area (TPSA) is 56.8 Å². The quantitative estimate of drug-likeness (QED) is 0.816. The lowest BCUT2D eigenvalue weighted by Crippen LogP contribution is -2.27. The molecule has 0 bridgehead atoms. The average molecular weight is 237 g/mol. The Balaban J connectivity index is 2.02. The molecule has 5 heteroatoms. The zero-order valence-corrected chi connectivity index (χ0v) is 10.1. The number of amides is 1. The molecule has 5 nitrogen and oxygen atoms in total. The van der Waals surface area contributed by atoms with Gasteiger partial charge in [-0.05, 0) is 32.9 Å². The second-order valence-electron chi connectivity index (χ2n) is 4.69. The van der Waals surface area contributed by atoms with Crippen molar-refractivity contribution in [2.24, 2.45) is 0 Å². The molecule has 1 heterocycles. The summed E-state index contributed by atoms with van der Waals surface area (Å²) in [5.41, 5.74) is 0.101. The van der Waals surface area contributed by atoms with Crippen molar-refractivity contribution in [1.82, 2.24) is 0 Å². The van der Waals surface area contributed by atoms with Gasteiger partial charge in [-0.2, -0.15) is 0 Å². The fraction of sp³-hybridized carbons (Fsp3) is 0.417. The fourth-order valence-electron chi connectivity index (χ4n) is 1.40. The van der Waals surface area contributed by atoms with E-state index in [-0.39, 0.29) is 6.79 Å². The Hall–Kier alpha value is -1.91. The Morgan fingerprint density at radius 3 is 2.71 bits per heavy atom. The highest BCUT2D eigenvalue weighted by molar-refractivity contribution is 5.85. The first-order valence-electron chi connectivity index (χ1n) is 5.34. The minimum absolute atomic E-state index is 0.214. The van der Waals surface area contributed by atoms with Gasteiger partial charge in [-0.15, -0.1) is 0 Å². The predicted octanol–water partition coefficient (Wildman–Crippen LogP) is 2.76. The lowest BCUT2D eigenvalue weighted by molar-refractivity contribution is 0.0636. The van der Waals surface area contributed by atoms with Crippen LogP contribution in [0.1, 0.15) is 20.8 Å². The largest absolute Gasteiger partial charge is 0.454 e. The lowest BCUT2D eigenvalue weighted by atomic mass is 10.2. The van der Waals surface area contributed by atoms with Crippen LogP contribution in [0.25, 0.3) is 0 Å². The maximum Gasteiger partial charge on any atom is 0.412 e. The van der Waals surface area contributed by atoms with Crippen LogP contribution >= 0.6 is 0 Å². The van der Waals surface area contributed by atoms with E-state index < -0.39 is 11.7 Å². The highest BCUT2D eigenvalue weighted by Gasteiger charge is 2.18. The van der Waals surface area contributed by atoms with Gasteiger partial charge in [0.15, 0.2) is 11.5 Å². The molecule has 0 radical (unpaired) electrons. The van der Waals surface area contributed by atoms with Gasteiger partial charge >= 0.3 is 6.09 Å². The molecular formula is C12H15NO4. The van der Waals surface area contributed by atoms with Crippen molar-refractivity contribution in [2.75, 3.05) is 12.1 Å². The Labute approximate surface area is 99.7 Å². The second kappa shape index (κ2) is 4.16. The van der Waals surface area contributed by atoms with E-state index in [1.807, 2.05) is 20.8 Å². The van der Waals surface area contributed by atoms with E-state index in [0.717, 1.165) is 0 Å². The van der Waals surface area contributed by atoms with Crippen molar-refractivity contribution in [3.8, 4) is 11.5 Å². The first-order valence-corrected chi connectivity index (χ1v) is 5.34. The molecule has 1 aromatic carbocycles. The summed E-state index contributed by atoms with van der Waals surface area (Å²) in [5, 5.41) is 2.63. The van der Waals surface area contributed by atoms with Crippen LogP contribution in [-0.4, -0.2) is 18.5 Å². The average Bonchev–Trinajstić information content (AvgIpc) is 2.61. The number of fused-ring (bicyclic) bond motifs is 1. The fourth-order valence-corrected chi connectivity index (χ4v) is 1.40. The number of carbonyl (C=O) groups excluding carboxylic acids is 1. The predicted molar refractivity (Wildman–Crippen MR) is 62.4 cm³/mol. The molecule has 0 spiro atoms. The minimum atomic E-state index is -0.513. The van der Waals surface area contributed by atoms with Crippen LogP contribution in [0, 0.1) is 0 Å². The number of hydrogen-bond donors (Lipinski definition) is 1. The van der Waals surface area contributed by atoms with Gasteiger partial charge in [0, 0.05) is 11.8 Å². The van der Waals surface area contributed by atoms with Gasteiger partial charge in [-0.25, -0.2) is 4.79 Å². The molecule has 0 fully saturated rings. The summed E-state index contributed by atoms with van der Waals surface area (Å²) in [5.74, 6) is 1.30. The van der Waals surface area contributed by atoms with Crippen LogP contribution in [0.5, 0.6) is 11.5 Å². The molecule has 92 valence electrons. The Bertz CT molecular complexity index is 437. The summed E-state index contributed by atoms with van der Waals surface area (Å²) < 4.78 is 15.5. The van der Waals surface area contributed by atoms with E-state index in [9.17, 15) is 4.79 Å². The molecule has 0 unspecified atom stereocenters. The molecule has 0 saturated carbocycles. The van der Waals surface area contributed by atoms with E-state index >= 15 is 0 Å². The van der Waals surface area contributed by atoms with Crippen LogP contribution in [0.3, 0.4) is 0 Å². The maximum atomic E-state index is 11.5. The third-order valence-corrected chi connectivity index (χ3v) is 2.02. The molecule has 1 N–H and O–H groups in total. The summed E-state index contributed by atoms with van der Waals surface area (Å²) in [6.45, 7) is 5.65. The van der Waals surface area contributed by atoms with E-state index in [0.29, 0.717) is 17.2 Å². The molecule has 0 saturated heterocycles. The highest BCUT2D eigenvalue weighted by Crippen LogP contribution is 2.34. The first-order chi connectivity index (χ1) is 7.94. The summed E-state index contributed by atoms with van der Waals surface area (Å²) >= 11 is 0. The third-order valence-electron chi connectivity index (χ3n) is 2.02. The molecule has 0 aromatic heterocycles. The SMILES string of the molecule is CC(C)(C)OC(=O)Nc1ccc2c(c1)OCO2. The number of rotatable bonds is 1. The van der Waals surface area contributed by atoms with E-state index in [1.54, 1.807) is 18.2 Å². The summed E-state index contributed by atoms with van der Waals surface area (Å²) in [7, 11) is 0. The number of ether oxygens (including phenoxy) is 3. The molecule has 1 aliphatic heterocycles. The van der Waals surface area contributed by atoms with Gasteiger partial charge in [0.1, 0.15) is 5.60 Å². The highest BCUT2D eigenvalue weighted by atomic mass is 16.7. The lowest BCUT2D eigenvalue weighted by Gasteiger charge is -2.19. The van der Waals surface area contributed by atoms with Crippen molar-refractivity contribution < 1.29 is 19.0 Å². The molecule has 1 aromatic rings. The van der Waals surface area contributed by atoms with Crippen molar-refractivity contribution in [1.29, 1.82) is 0 Å². The molecule has 0 atom stereocenters. The number of nitrogens with one attached hydrogen (secondary N) is 1. The molecule has 17 heavy (non-hydrogen) atoms. The molecule has 1 aliphatic rings. The zero-order valence-electron chi connectivity index (χ0n) is 10.1. The van der Waals surface area contributed by atoms with E-state index in [4.69, 9.17) is 14.2 Å². The van der Waals surface area contributed by atoms with Gasteiger partial charge in [-0.1, -0.05) is 0 Å². The summed E-state index contributed by atoms with van der Waals surface area (Å²) in [6.07, 6.45) is -0.489. The monoisotopic (exact) mass is 237 g/mol. The van der Waals surface area contributed by atoms with Crippen molar-refractivity contribution >= 4 is 11.8 Å². The smallest absolute Gasteiger partial charge is 0.412 e. The Morgan fingerprint density at radius 1 is 1.29 bits per heavy atom. The molecule has 2 rings (SSSR count). The normalized spacial score (nSPS) is 13.4. The van der Waals surface area contributed by atoms with Crippen LogP contribution in [-0.2, 0) is 4.74 Å². The zero-order chi connectivity index (χ0) is 12.5. The molecule has 1 amide bonds. The van der Waals surface area contributed by atoms with E-state index in [2.05, 4.69) is 5.32 Å². The first kappa shape index (κ1) is 11.6. The van der Waals surface area contributed by atoms with Crippen molar-refractivity contribution in [3.63, 3.8) is 0 Å². The summed E-state index contributed by atoms with van der Waals surface area (Å²) in [6, 6.07) is 5.18. The van der Waals surface area contributed by atoms with Crippen molar-refractivity contribution in [3.05, 3.63) is 18.2 Å². The van der Waals surface area contributed by atoms with Crippen molar-refractivity contribution in [2.45, 2.75) is 26.4 Å².